The van der Waals surface area contributed by atoms with E-state index in [0.717, 1.165) is 47.8 Å². The minimum atomic E-state index is -0.0569. The van der Waals surface area contributed by atoms with Gasteiger partial charge in [0.05, 0.1) is 15.9 Å². The van der Waals surface area contributed by atoms with E-state index in [1.807, 2.05) is 0 Å². The molecule has 0 bridgehead atoms. The van der Waals surface area contributed by atoms with Gasteiger partial charge >= 0.3 is 0 Å². The molecule has 1 aliphatic rings. The lowest BCUT2D eigenvalue weighted by Crippen LogP contribution is -2.38. The van der Waals surface area contributed by atoms with Crippen LogP contribution < -0.4 is 0 Å². The number of hydrogen-bond donors (Lipinski definition) is 0. The van der Waals surface area contributed by atoms with Crippen molar-refractivity contribution in [3.63, 3.8) is 0 Å². The number of rotatable bonds is 3. The van der Waals surface area contributed by atoms with Gasteiger partial charge in [-0.25, -0.2) is 9.97 Å². The van der Waals surface area contributed by atoms with Crippen LogP contribution in [0.4, 0.5) is 0 Å². The van der Waals surface area contributed by atoms with Crippen molar-refractivity contribution in [3.05, 3.63) is 20.2 Å². The summed E-state index contributed by atoms with van der Waals surface area (Å²) in [4.78, 5) is 11.3. The Balaban J connectivity index is 2.24. The third kappa shape index (κ3) is 3.12. The molecule has 0 spiro atoms. The van der Waals surface area contributed by atoms with Gasteiger partial charge in [-0.15, -0.1) is 0 Å². The average molecular weight is 382 g/mol. The topological polar surface area (TPSA) is 38.2 Å². The summed E-state index contributed by atoms with van der Waals surface area (Å²) in [5.74, 6) is 0.718. The summed E-state index contributed by atoms with van der Waals surface area (Å²) in [6.07, 6.45) is 0.802. The largest absolute Gasteiger partial charge is 0.368 e. The molecule has 1 atom stereocenters. The zero-order chi connectivity index (χ0) is 13.1. The van der Waals surface area contributed by atoms with Crippen LogP contribution in [-0.2, 0) is 11.2 Å². The van der Waals surface area contributed by atoms with E-state index in [1.54, 1.807) is 0 Å². The molecule has 0 radical (unpaired) electrons. The average Bonchev–Trinajstić information content (AvgIpc) is 2.41. The fourth-order valence-electron chi connectivity index (χ4n) is 2.01. The highest BCUT2D eigenvalue weighted by molar-refractivity contribution is 14.1. The summed E-state index contributed by atoms with van der Waals surface area (Å²) in [5, 5.41) is 0.537. The van der Waals surface area contributed by atoms with Crippen LogP contribution in [0.3, 0.4) is 0 Å². The summed E-state index contributed by atoms with van der Waals surface area (Å²) in [7, 11) is 0. The van der Waals surface area contributed by atoms with E-state index in [0.29, 0.717) is 5.15 Å². The first-order chi connectivity index (χ1) is 8.65. The Hall–Kier alpha value is 0.0200. The fraction of sp³-hybridized carbons (Fsp3) is 0.667. The maximum Gasteiger partial charge on any atom is 0.160 e. The lowest BCUT2D eigenvalue weighted by Gasteiger charge is -2.31. The standard InChI is InChI=1S/C12H17ClIN3O/c1-3-8-10(14)11(13)16-12(15-8)9-7-17(4-2)5-6-18-9/h9H,3-7H2,1-2H3. The van der Waals surface area contributed by atoms with Crippen LogP contribution in [0.2, 0.25) is 5.15 Å². The van der Waals surface area contributed by atoms with Crippen molar-refractivity contribution in [1.82, 2.24) is 14.9 Å². The fourth-order valence-corrected chi connectivity index (χ4v) is 2.82. The Morgan fingerprint density at radius 1 is 1.44 bits per heavy atom. The van der Waals surface area contributed by atoms with Gasteiger partial charge in [0.25, 0.3) is 0 Å². The van der Waals surface area contributed by atoms with Crippen LogP contribution >= 0.6 is 34.2 Å². The minimum Gasteiger partial charge on any atom is -0.368 e. The number of morpholine rings is 1. The molecule has 6 heteroatoms. The molecule has 1 saturated heterocycles. The van der Waals surface area contributed by atoms with Crippen LogP contribution in [0.15, 0.2) is 0 Å². The summed E-state index contributed by atoms with van der Waals surface area (Å²) < 4.78 is 6.71. The molecule has 2 heterocycles. The molecule has 4 nitrogen and oxygen atoms in total. The molecule has 1 aliphatic heterocycles. The van der Waals surface area contributed by atoms with E-state index in [1.165, 1.54) is 0 Å². The van der Waals surface area contributed by atoms with E-state index >= 15 is 0 Å². The number of halogens is 2. The zero-order valence-electron chi connectivity index (χ0n) is 10.6. The van der Waals surface area contributed by atoms with Gasteiger partial charge in [-0.1, -0.05) is 25.4 Å². The van der Waals surface area contributed by atoms with Crippen LogP contribution in [0.5, 0.6) is 0 Å². The molecule has 1 unspecified atom stereocenters. The Kier molecular flexibility index (Phi) is 5.17. The van der Waals surface area contributed by atoms with Crippen LogP contribution in [0, 0.1) is 3.57 Å². The molecular weight excluding hydrogens is 365 g/mol. The summed E-state index contributed by atoms with van der Waals surface area (Å²) in [6.45, 7) is 7.81. The van der Waals surface area contributed by atoms with Crippen LogP contribution in [0.1, 0.15) is 31.5 Å². The summed E-state index contributed by atoms with van der Waals surface area (Å²) >= 11 is 8.36. The third-order valence-electron chi connectivity index (χ3n) is 3.12. The Morgan fingerprint density at radius 2 is 2.22 bits per heavy atom. The van der Waals surface area contributed by atoms with Crippen molar-refractivity contribution in [1.29, 1.82) is 0 Å². The molecule has 1 fully saturated rings. The van der Waals surface area contributed by atoms with Crippen LogP contribution in [0.25, 0.3) is 0 Å². The van der Waals surface area contributed by atoms with E-state index in [-0.39, 0.29) is 6.10 Å². The van der Waals surface area contributed by atoms with Gasteiger partial charge in [0.1, 0.15) is 11.3 Å². The maximum absolute atomic E-state index is 6.16. The minimum absolute atomic E-state index is 0.0569. The van der Waals surface area contributed by atoms with Gasteiger partial charge < -0.3 is 4.74 Å². The van der Waals surface area contributed by atoms with Gasteiger partial charge in [-0.2, -0.15) is 0 Å². The lowest BCUT2D eigenvalue weighted by molar-refractivity contribution is -0.0326. The Bertz CT molecular complexity index is 430. The molecule has 0 aromatic carbocycles. The second kappa shape index (κ2) is 6.45. The van der Waals surface area contributed by atoms with Gasteiger partial charge in [0.15, 0.2) is 5.82 Å². The van der Waals surface area contributed by atoms with Crippen molar-refractivity contribution in [3.8, 4) is 0 Å². The number of nitrogens with zero attached hydrogens (tertiary/aromatic N) is 3. The molecule has 0 saturated carbocycles. The van der Waals surface area contributed by atoms with Gasteiger partial charge in [-0.3, -0.25) is 4.90 Å². The van der Waals surface area contributed by atoms with Gasteiger partial charge in [0.2, 0.25) is 0 Å². The molecule has 1 aromatic heterocycles. The lowest BCUT2D eigenvalue weighted by atomic mass is 10.2. The van der Waals surface area contributed by atoms with Crippen molar-refractivity contribution in [2.45, 2.75) is 26.4 Å². The highest BCUT2D eigenvalue weighted by Gasteiger charge is 2.24. The predicted octanol–water partition coefficient (Wildman–Crippen LogP) is 2.69. The number of likely N-dealkylation sites (N-methyl/N-ethyl adjacent to an activating group) is 1. The number of aromatic nitrogens is 2. The number of aryl methyl sites for hydroxylation is 1. The molecule has 0 N–H and O–H groups in total. The maximum atomic E-state index is 6.16. The third-order valence-corrected chi connectivity index (χ3v) is 4.84. The highest BCUT2D eigenvalue weighted by Crippen LogP contribution is 2.25. The second-order valence-electron chi connectivity index (χ2n) is 4.24. The van der Waals surface area contributed by atoms with E-state index in [4.69, 9.17) is 16.3 Å². The molecular formula is C12H17ClIN3O. The first-order valence-electron chi connectivity index (χ1n) is 6.21. The molecule has 1 aromatic rings. The van der Waals surface area contributed by atoms with Crippen LogP contribution in [-0.4, -0.2) is 41.1 Å². The van der Waals surface area contributed by atoms with Crippen molar-refractivity contribution in [2.24, 2.45) is 0 Å². The quantitative estimate of drug-likeness (QED) is 0.596. The number of hydrogen-bond acceptors (Lipinski definition) is 4. The number of ether oxygens (including phenoxy) is 1. The zero-order valence-corrected chi connectivity index (χ0v) is 13.5. The second-order valence-corrected chi connectivity index (χ2v) is 5.68. The summed E-state index contributed by atoms with van der Waals surface area (Å²) in [6, 6.07) is 0. The molecule has 0 aliphatic carbocycles. The first kappa shape index (κ1) is 14.4. The SMILES string of the molecule is CCc1nc(C2CN(CC)CCO2)nc(Cl)c1I. The first-order valence-corrected chi connectivity index (χ1v) is 7.67. The highest BCUT2D eigenvalue weighted by atomic mass is 127. The predicted molar refractivity (Wildman–Crippen MR) is 79.9 cm³/mol. The van der Waals surface area contributed by atoms with Crippen molar-refractivity contribution in [2.75, 3.05) is 26.2 Å². The Morgan fingerprint density at radius 3 is 2.89 bits per heavy atom. The van der Waals surface area contributed by atoms with Crippen molar-refractivity contribution >= 4 is 34.2 Å². The monoisotopic (exact) mass is 381 g/mol. The van der Waals surface area contributed by atoms with E-state index in [2.05, 4.69) is 51.3 Å². The molecule has 2 rings (SSSR count). The van der Waals surface area contributed by atoms with E-state index < -0.39 is 0 Å². The van der Waals surface area contributed by atoms with Gasteiger partial charge in [-0.05, 0) is 35.6 Å². The Labute approximate surface area is 126 Å². The normalized spacial score (nSPS) is 21.2. The molecule has 100 valence electrons. The smallest absolute Gasteiger partial charge is 0.160 e. The molecule has 18 heavy (non-hydrogen) atoms. The molecule has 0 amide bonds. The van der Waals surface area contributed by atoms with E-state index in [9.17, 15) is 0 Å². The van der Waals surface area contributed by atoms with Crippen molar-refractivity contribution < 1.29 is 4.74 Å². The summed E-state index contributed by atoms with van der Waals surface area (Å²) in [5.41, 5.74) is 1.00. The van der Waals surface area contributed by atoms with Gasteiger partial charge in [0, 0.05) is 13.1 Å².